The topological polar surface area (TPSA) is 106 Å². The molecule has 0 saturated heterocycles. The average Bonchev–Trinajstić information content (AvgIpc) is 2.52. The van der Waals surface area contributed by atoms with Crippen LogP contribution in [0.15, 0.2) is 48.8 Å². The van der Waals surface area contributed by atoms with Crippen LogP contribution in [0.3, 0.4) is 0 Å². The number of carbonyl (C=O) groups excluding carboxylic acids is 2. The Morgan fingerprint density at radius 3 is 1.45 bits per heavy atom. The molecule has 2 aromatic heterocycles. The molecule has 110 valence electrons. The van der Waals surface area contributed by atoms with Crippen LogP contribution in [-0.4, -0.2) is 21.9 Å². The van der Waals surface area contributed by atoms with Crippen molar-refractivity contribution < 1.29 is 19.8 Å². The van der Waals surface area contributed by atoms with Gasteiger partial charge in [0.15, 0.2) is 0 Å². The predicted octanol–water partition coefficient (Wildman–Crippen LogP) is -0.330. The SMILES string of the molecule is O=C([O-])/C=C/c1ccc(-c2ccc(/C=C/C(=O)[O-])cn2)nc1. The van der Waals surface area contributed by atoms with Gasteiger partial charge in [0, 0.05) is 12.4 Å². The van der Waals surface area contributed by atoms with Crippen LogP contribution < -0.4 is 10.2 Å². The van der Waals surface area contributed by atoms with Gasteiger partial charge >= 0.3 is 0 Å². The van der Waals surface area contributed by atoms with Crippen LogP contribution in [0.25, 0.3) is 23.5 Å². The maximum Gasteiger partial charge on any atom is 0.0886 e. The molecule has 0 aliphatic rings. The summed E-state index contributed by atoms with van der Waals surface area (Å²) >= 11 is 0. The van der Waals surface area contributed by atoms with Crippen LogP contribution in [0, 0.1) is 0 Å². The van der Waals surface area contributed by atoms with Crippen molar-refractivity contribution in [2.24, 2.45) is 0 Å². The van der Waals surface area contributed by atoms with Crippen molar-refractivity contribution in [3.05, 3.63) is 59.9 Å². The first kappa shape index (κ1) is 15.1. The Morgan fingerprint density at radius 2 is 1.18 bits per heavy atom. The first-order valence-electron chi connectivity index (χ1n) is 6.25. The second-order valence-electron chi connectivity index (χ2n) is 4.26. The van der Waals surface area contributed by atoms with Gasteiger partial charge in [0.1, 0.15) is 0 Å². The van der Waals surface area contributed by atoms with E-state index >= 15 is 0 Å². The zero-order valence-corrected chi connectivity index (χ0v) is 11.3. The fraction of sp³-hybridized carbons (Fsp3) is 0. The van der Waals surface area contributed by atoms with Gasteiger partial charge in [0.2, 0.25) is 0 Å². The maximum atomic E-state index is 10.3. The van der Waals surface area contributed by atoms with Gasteiger partial charge in [-0.05, 0) is 35.4 Å². The predicted molar refractivity (Wildman–Crippen MR) is 75.6 cm³/mol. The number of carboxylic acid groups (broad SMARTS) is 2. The van der Waals surface area contributed by atoms with E-state index in [1.807, 2.05) is 0 Å². The van der Waals surface area contributed by atoms with Gasteiger partial charge in [-0.2, -0.15) is 0 Å². The van der Waals surface area contributed by atoms with Gasteiger partial charge in [-0.3, -0.25) is 9.97 Å². The Bertz CT molecular complexity index is 666. The van der Waals surface area contributed by atoms with Crippen LogP contribution in [0.1, 0.15) is 11.1 Å². The van der Waals surface area contributed by atoms with Crippen molar-refractivity contribution in [2.75, 3.05) is 0 Å². The van der Waals surface area contributed by atoms with Gasteiger partial charge < -0.3 is 19.8 Å². The second kappa shape index (κ2) is 6.94. The van der Waals surface area contributed by atoms with E-state index in [9.17, 15) is 19.8 Å². The molecular weight excluding hydrogens is 284 g/mol. The van der Waals surface area contributed by atoms with Gasteiger partial charge in [-0.15, -0.1) is 0 Å². The lowest BCUT2D eigenvalue weighted by Gasteiger charge is -2.02. The second-order valence-corrected chi connectivity index (χ2v) is 4.26. The lowest BCUT2D eigenvalue weighted by atomic mass is 10.2. The number of carbonyl (C=O) groups is 2. The largest absolute Gasteiger partial charge is 0.545 e. The van der Waals surface area contributed by atoms with Crippen LogP contribution >= 0.6 is 0 Å². The van der Waals surface area contributed by atoms with Crippen LogP contribution in [0.4, 0.5) is 0 Å². The molecule has 0 aliphatic heterocycles. The number of nitrogens with zero attached hydrogens (tertiary/aromatic N) is 2. The number of aliphatic carboxylic acids is 2. The Morgan fingerprint density at radius 1 is 0.773 bits per heavy atom. The van der Waals surface area contributed by atoms with Crippen LogP contribution in [0.2, 0.25) is 0 Å². The highest BCUT2D eigenvalue weighted by molar-refractivity contribution is 5.84. The Labute approximate surface area is 126 Å². The molecule has 2 rings (SSSR count). The average molecular weight is 294 g/mol. The minimum Gasteiger partial charge on any atom is -0.545 e. The summed E-state index contributed by atoms with van der Waals surface area (Å²) in [6, 6.07) is 6.81. The standard InChI is InChI=1S/C16H12N2O4/c19-15(20)7-3-11-1-5-13(17-9-11)14-6-2-12(10-18-14)4-8-16(21)22/h1-10H,(H,19,20)(H,21,22)/p-2/b7-3+,8-4+. The van der Waals surface area contributed by atoms with Crippen molar-refractivity contribution >= 4 is 24.1 Å². The molecule has 0 aliphatic carbocycles. The number of hydrogen-bond acceptors (Lipinski definition) is 6. The van der Waals surface area contributed by atoms with Crippen molar-refractivity contribution in [1.29, 1.82) is 0 Å². The molecule has 2 heterocycles. The molecule has 0 fully saturated rings. The quantitative estimate of drug-likeness (QED) is 0.699. The van der Waals surface area contributed by atoms with Crippen molar-refractivity contribution in [3.63, 3.8) is 0 Å². The normalized spacial score (nSPS) is 11.1. The van der Waals surface area contributed by atoms with Gasteiger partial charge in [-0.25, -0.2) is 0 Å². The van der Waals surface area contributed by atoms with Crippen molar-refractivity contribution in [2.45, 2.75) is 0 Å². The smallest absolute Gasteiger partial charge is 0.0886 e. The highest BCUT2D eigenvalue weighted by atomic mass is 16.4. The summed E-state index contributed by atoms with van der Waals surface area (Å²) in [5.74, 6) is -2.54. The zero-order valence-electron chi connectivity index (χ0n) is 11.3. The lowest BCUT2D eigenvalue weighted by molar-refractivity contribution is -0.298. The zero-order chi connectivity index (χ0) is 15.9. The third-order valence-corrected chi connectivity index (χ3v) is 2.66. The highest BCUT2D eigenvalue weighted by Crippen LogP contribution is 2.15. The number of pyridine rings is 2. The fourth-order valence-corrected chi connectivity index (χ4v) is 1.64. The molecule has 0 aromatic carbocycles. The summed E-state index contributed by atoms with van der Waals surface area (Å²) in [5.41, 5.74) is 2.48. The Kier molecular flexibility index (Phi) is 4.77. The van der Waals surface area contributed by atoms with Crippen LogP contribution in [-0.2, 0) is 9.59 Å². The number of rotatable bonds is 5. The molecule has 0 unspecified atom stereocenters. The van der Waals surface area contributed by atoms with Crippen molar-refractivity contribution in [3.8, 4) is 11.4 Å². The fourth-order valence-electron chi connectivity index (χ4n) is 1.64. The minimum atomic E-state index is -1.27. The van der Waals surface area contributed by atoms with Gasteiger partial charge in [0.25, 0.3) is 0 Å². The molecule has 0 amide bonds. The number of hydrogen-bond donors (Lipinski definition) is 0. The Hall–Kier alpha value is -3.28. The summed E-state index contributed by atoms with van der Waals surface area (Å²) in [5, 5.41) is 20.6. The lowest BCUT2D eigenvalue weighted by Crippen LogP contribution is -2.18. The van der Waals surface area contributed by atoms with E-state index in [0.29, 0.717) is 22.5 Å². The van der Waals surface area contributed by atoms with E-state index in [4.69, 9.17) is 0 Å². The number of carboxylic acids is 2. The van der Waals surface area contributed by atoms with E-state index in [2.05, 4.69) is 9.97 Å². The summed E-state index contributed by atoms with van der Waals surface area (Å²) in [7, 11) is 0. The summed E-state index contributed by atoms with van der Waals surface area (Å²) < 4.78 is 0. The highest BCUT2D eigenvalue weighted by Gasteiger charge is 2.00. The van der Waals surface area contributed by atoms with E-state index in [-0.39, 0.29) is 0 Å². The molecular formula is C16H10N2O4-2. The molecule has 2 aromatic rings. The molecule has 6 nitrogen and oxygen atoms in total. The minimum absolute atomic E-state index is 0.612. The van der Waals surface area contributed by atoms with Crippen LogP contribution in [0.5, 0.6) is 0 Å². The first-order chi connectivity index (χ1) is 10.5. The van der Waals surface area contributed by atoms with E-state index in [1.165, 1.54) is 24.5 Å². The molecule has 6 heteroatoms. The molecule has 0 saturated carbocycles. The molecule has 0 bridgehead atoms. The van der Waals surface area contributed by atoms with E-state index in [0.717, 1.165) is 12.2 Å². The maximum absolute atomic E-state index is 10.3. The molecule has 22 heavy (non-hydrogen) atoms. The van der Waals surface area contributed by atoms with Crippen molar-refractivity contribution in [1.82, 2.24) is 9.97 Å². The van der Waals surface area contributed by atoms with E-state index < -0.39 is 11.9 Å². The monoisotopic (exact) mass is 294 g/mol. The van der Waals surface area contributed by atoms with Gasteiger partial charge in [0.05, 0.1) is 23.3 Å². The summed E-state index contributed by atoms with van der Waals surface area (Å²) in [4.78, 5) is 29.0. The third kappa shape index (κ3) is 4.38. The summed E-state index contributed by atoms with van der Waals surface area (Å²) in [6.07, 6.45) is 7.64. The molecule has 0 N–H and O–H groups in total. The van der Waals surface area contributed by atoms with E-state index in [1.54, 1.807) is 24.3 Å². The third-order valence-electron chi connectivity index (χ3n) is 2.66. The number of aromatic nitrogens is 2. The molecule has 0 radical (unpaired) electrons. The molecule has 0 spiro atoms. The molecule has 0 atom stereocenters. The van der Waals surface area contributed by atoms with Gasteiger partial charge in [-0.1, -0.05) is 24.3 Å². The Balaban J connectivity index is 2.15. The summed E-state index contributed by atoms with van der Waals surface area (Å²) in [6.45, 7) is 0. The first-order valence-corrected chi connectivity index (χ1v) is 6.25.